The maximum atomic E-state index is 13.3. The molecule has 23 heavy (non-hydrogen) atoms. The van der Waals surface area contributed by atoms with Crippen LogP contribution in [0.2, 0.25) is 0 Å². The van der Waals surface area contributed by atoms with Crippen LogP contribution in [0.5, 0.6) is 5.75 Å². The largest absolute Gasteiger partial charge is 0.494 e. The van der Waals surface area contributed by atoms with Crippen molar-refractivity contribution in [2.75, 3.05) is 6.61 Å². The first-order chi connectivity index (χ1) is 11.1. The predicted octanol–water partition coefficient (Wildman–Crippen LogP) is 6.04. The molecule has 1 saturated carbocycles. The van der Waals surface area contributed by atoms with E-state index in [0.29, 0.717) is 16.5 Å². The van der Waals surface area contributed by atoms with E-state index in [1.165, 1.54) is 30.4 Å². The molecular formula is C20H22BrFO. The predicted molar refractivity (Wildman–Crippen MR) is 95.6 cm³/mol. The third-order valence-electron chi connectivity index (χ3n) is 4.74. The molecule has 0 heterocycles. The van der Waals surface area contributed by atoms with E-state index >= 15 is 0 Å². The van der Waals surface area contributed by atoms with Crippen molar-refractivity contribution in [3.05, 3.63) is 63.9 Å². The fraction of sp³-hybridized carbons (Fsp3) is 0.400. The summed E-state index contributed by atoms with van der Waals surface area (Å²) in [5, 5.41) is 0. The van der Waals surface area contributed by atoms with Gasteiger partial charge in [-0.25, -0.2) is 4.39 Å². The standard InChI is InChI=1S/C20H22BrFO/c1-2-23-17-8-6-16(7-9-17)20(12-13-20)11-3-4-15-5-10-19(22)18(21)14-15/h5-10,14H,2-4,11-13H2,1H3. The number of hydrogen-bond acceptors (Lipinski definition) is 1. The molecule has 0 unspecified atom stereocenters. The van der Waals surface area contributed by atoms with Crippen molar-refractivity contribution in [2.45, 2.75) is 44.4 Å². The van der Waals surface area contributed by atoms with Crippen LogP contribution in [-0.2, 0) is 11.8 Å². The first-order valence-electron chi connectivity index (χ1n) is 8.30. The molecule has 1 nitrogen and oxygen atoms in total. The minimum Gasteiger partial charge on any atom is -0.494 e. The van der Waals surface area contributed by atoms with Crippen LogP contribution in [-0.4, -0.2) is 6.61 Å². The second-order valence-corrected chi connectivity index (χ2v) is 7.19. The van der Waals surface area contributed by atoms with Crippen LogP contribution in [0.1, 0.15) is 43.7 Å². The first kappa shape index (κ1) is 16.5. The van der Waals surface area contributed by atoms with Crippen molar-refractivity contribution in [3.8, 4) is 5.75 Å². The number of benzene rings is 2. The van der Waals surface area contributed by atoms with Crippen molar-refractivity contribution >= 4 is 15.9 Å². The van der Waals surface area contributed by atoms with E-state index in [2.05, 4.69) is 40.2 Å². The van der Waals surface area contributed by atoms with Crippen LogP contribution < -0.4 is 4.74 Å². The molecule has 2 aromatic carbocycles. The maximum Gasteiger partial charge on any atom is 0.137 e. The highest BCUT2D eigenvalue weighted by Crippen LogP contribution is 2.52. The number of rotatable bonds is 7. The highest BCUT2D eigenvalue weighted by molar-refractivity contribution is 9.10. The highest BCUT2D eigenvalue weighted by atomic mass is 79.9. The van der Waals surface area contributed by atoms with E-state index in [-0.39, 0.29) is 5.82 Å². The summed E-state index contributed by atoms with van der Waals surface area (Å²) in [6, 6.07) is 13.9. The molecule has 0 aliphatic heterocycles. The third-order valence-corrected chi connectivity index (χ3v) is 5.34. The van der Waals surface area contributed by atoms with Crippen LogP contribution in [0.25, 0.3) is 0 Å². The average molecular weight is 377 g/mol. The van der Waals surface area contributed by atoms with Gasteiger partial charge in [0.1, 0.15) is 11.6 Å². The summed E-state index contributed by atoms with van der Waals surface area (Å²) in [7, 11) is 0. The lowest BCUT2D eigenvalue weighted by molar-refractivity contribution is 0.340. The Morgan fingerprint density at radius 2 is 1.87 bits per heavy atom. The Balaban J connectivity index is 1.57. The first-order valence-corrected chi connectivity index (χ1v) is 9.09. The van der Waals surface area contributed by atoms with Gasteiger partial charge in [-0.2, -0.15) is 0 Å². The molecule has 0 radical (unpaired) electrons. The van der Waals surface area contributed by atoms with Gasteiger partial charge in [-0.05, 0) is 95.8 Å². The van der Waals surface area contributed by atoms with Crippen LogP contribution in [0, 0.1) is 5.82 Å². The third kappa shape index (κ3) is 3.95. The smallest absolute Gasteiger partial charge is 0.137 e. The normalized spacial score (nSPS) is 15.4. The Hall–Kier alpha value is -1.35. The molecule has 1 aliphatic rings. The fourth-order valence-corrected chi connectivity index (χ4v) is 3.66. The number of hydrogen-bond donors (Lipinski definition) is 0. The van der Waals surface area contributed by atoms with E-state index in [0.717, 1.165) is 18.6 Å². The molecular weight excluding hydrogens is 355 g/mol. The van der Waals surface area contributed by atoms with Gasteiger partial charge in [0.05, 0.1) is 11.1 Å². The van der Waals surface area contributed by atoms with Gasteiger partial charge in [0.15, 0.2) is 0 Å². The van der Waals surface area contributed by atoms with Gasteiger partial charge in [0, 0.05) is 0 Å². The van der Waals surface area contributed by atoms with Gasteiger partial charge in [-0.15, -0.1) is 0 Å². The fourth-order valence-electron chi connectivity index (χ4n) is 3.23. The lowest BCUT2D eigenvalue weighted by Crippen LogP contribution is -2.07. The van der Waals surface area contributed by atoms with Crippen LogP contribution in [0.3, 0.4) is 0 Å². The van der Waals surface area contributed by atoms with Crippen molar-refractivity contribution in [2.24, 2.45) is 0 Å². The number of halogens is 2. The zero-order valence-corrected chi connectivity index (χ0v) is 15.0. The molecule has 0 aromatic heterocycles. The molecule has 3 rings (SSSR count). The second-order valence-electron chi connectivity index (χ2n) is 6.34. The van der Waals surface area contributed by atoms with Crippen molar-refractivity contribution in [3.63, 3.8) is 0 Å². The zero-order valence-electron chi connectivity index (χ0n) is 13.4. The van der Waals surface area contributed by atoms with Crippen LogP contribution >= 0.6 is 15.9 Å². The summed E-state index contributed by atoms with van der Waals surface area (Å²) in [6.45, 7) is 2.71. The summed E-state index contributed by atoms with van der Waals surface area (Å²) < 4.78 is 19.3. The second kappa shape index (κ2) is 7.04. The molecule has 1 fully saturated rings. The van der Waals surface area contributed by atoms with Crippen LogP contribution in [0.4, 0.5) is 4.39 Å². The molecule has 0 N–H and O–H groups in total. The molecule has 0 spiro atoms. The van der Waals surface area contributed by atoms with Gasteiger partial charge >= 0.3 is 0 Å². The quantitative estimate of drug-likeness (QED) is 0.572. The van der Waals surface area contributed by atoms with Crippen molar-refractivity contribution in [1.29, 1.82) is 0 Å². The average Bonchev–Trinajstić information content (AvgIpc) is 3.33. The molecule has 2 aromatic rings. The van der Waals surface area contributed by atoms with Gasteiger partial charge < -0.3 is 4.74 Å². The summed E-state index contributed by atoms with van der Waals surface area (Å²) in [5.41, 5.74) is 2.99. The van der Waals surface area contributed by atoms with E-state index < -0.39 is 0 Å². The van der Waals surface area contributed by atoms with E-state index in [9.17, 15) is 4.39 Å². The Kier molecular flexibility index (Phi) is 5.05. The Morgan fingerprint density at radius 1 is 1.13 bits per heavy atom. The minimum absolute atomic E-state index is 0.193. The monoisotopic (exact) mass is 376 g/mol. The van der Waals surface area contributed by atoms with E-state index in [1.54, 1.807) is 6.07 Å². The van der Waals surface area contributed by atoms with E-state index in [1.807, 2.05) is 19.1 Å². The Labute approximate surface area is 146 Å². The summed E-state index contributed by atoms with van der Waals surface area (Å²) in [5.74, 6) is 0.755. The molecule has 122 valence electrons. The summed E-state index contributed by atoms with van der Waals surface area (Å²) in [4.78, 5) is 0. The van der Waals surface area contributed by atoms with E-state index in [4.69, 9.17) is 4.74 Å². The lowest BCUT2D eigenvalue weighted by Gasteiger charge is -2.16. The van der Waals surface area contributed by atoms with Crippen molar-refractivity contribution < 1.29 is 9.13 Å². The van der Waals surface area contributed by atoms with Gasteiger partial charge in [0.2, 0.25) is 0 Å². The molecule has 0 saturated heterocycles. The number of aryl methyl sites for hydroxylation is 1. The van der Waals surface area contributed by atoms with Gasteiger partial charge in [-0.3, -0.25) is 0 Å². The molecule has 3 heteroatoms. The lowest BCUT2D eigenvalue weighted by atomic mass is 9.89. The SMILES string of the molecule is CCOc1ccc(C2(CCCc3ccc(F)c(Br)c3)CC2)cc1. The van der Waals surface area contributed by atoms with Gasteiger partial charge in [0.25, 0.3) is 0 Å². The Bertz CT molecular complexity index is 662. The summed E-state index contributed by atoms with van der Waals surface area (Å²) >= 11 is 3.26. The van der Waals surface area contributed by atoms with Crippen molar-refractivity contribution in [1.82, 2.24) is 0 Å². The molecule has 0 atom stereocenters. The summed E-state index contributed by atoms with van der Waals surface area (Å²) in [6.07, 6.45) is 5.86. The minimum atomic E-state index is -0.193. The Morgan fingerprint density at radius 3 is 2.48 bits per heavy atom. The molecule has 0 amide bonds. The number of ether oxygens (including phenoxy) is 1. The topological polar surface area (TPSA) is 9.23 Å². The molecule has 0 bridgehead atoms. The van der Waals surface area contributed by atoms with Gasteiger partial charge in [-0.1, -0.05) is 18.2 Å². The zero-order chi connectivity index (χ0) is 16.3. The maximum absolute atomic E-state index is 13.3. The highest BCUT2D eigenvalue weighted by Gasteiger charge is 2.43. The molecule has 1 aliphatic carbocycles. The van der Waals surface area contributed by atoms with Crippen LogP contribution in [0.15, 0.2) is 46.9 Å².